The maximum atomic E-state index is 3.73. The highest BCUT2D eigenvalue weighted by Crippen LogP contribution is 2.43. The first-order chi connectivity index (χ1) is 10.2. The zero-order valence-electron chi connectivity index (χ0n) is 12.0. The molecular weight excluding hydrogens is 410 g/mol. The van der Waals surface area contributed by atoms with Gasteiger partial charge in [0.1, 0.15) is 0 Å². The molecule has 0 spiro atoms. The van der Waals surface area contributed by atoms with Gasteiger partial charge in [-0.3, -0.25) is 0 Å². The molecule has 2 aromatic rings. The van der Waals surface area contributed by atoms with Crippen molar-refractivity contribution >= 4 is 43.2 Å². The van der Waals surface area contributed by atoms with Crippen molar-refractivity contribution in [1.82, 2.24) is 5.32 Å². The average Bonchev–Trinajstić information content (AvgIpc) is 2.78. The molecule has 1 aliphatic rings. The van der Waals surface area contributed by atoms with E-state index in [2.05, 4.69) is 74.4 Å². The number of rotatable bonds is 6. The highest BCUT2D eigenvalue weighted by atomic mass is 79.9. The third-order valence-electron chi connectivity index (χ3n) is 4.18. The van der Waals surface area contributed by atoms with E-state index >= 15 is 0 Å². The summed E-state index contributed by atoms with van der Waals surface area (Å²) in [5.41, 5.74) is 4.47. The molecule has 0 bridgehead atoms. The van der Waals surface area contributed by atoms with E-state index in [1.54, 1.807) is 16.9 Å². The van der Waals surface area contributed by atoms with Crippen molar-refractivity contribution in [3.05, 3.63) is 54.6 Å². The average molecular weight is 429 g/mol. The van der Waals surface area contributed by atoms with Gasteiger partial charge in [-0.1, -0.05) is 31.2 Å². The second-order valence-electron chi connectivity index (χ2n) is 5.62. The fourth-order valence-corrected chi connectivity index (χ4v) is 6.06. The summed E-state index contributed by atoms with van der Waals surface area (Å²) in [7, 11) is 0. The lowest BCUT2D eigenvalue weighted by Crippen LogP contribution is -2.27. The minimum atomic E-state index is 0.431. The molecule has 1 aliphatic carbocycles. The second kappa shape index (κ2) is 6.95. The van der Waals surface area contributed by atoms with Gasteiger partial charge in [0.25, 0.3) is 0 Å². The predicted molar refractivity (Wildman–Crippen MR) is 98.3 cm³/mol. The lowest BCUT2D eigenvalue weighted by atomic mass is 9.74. The van der Waals surface area contributed by atoms with Gasteiger partial charge in [0.05, 0.1) is 7.57 Å². The Balaban J connectivity index is 1.76. The van der Waals surface area contributed by atoms with Crippen molar-refractivity contribution in [2.24, 2.45) is 0 Å². The van der Waals surface area contributed by atoms with Crippen LogP contribution in [-0.4, -0.2) is 6.54 Å². The van der Waals surface area contributed by atoms with E-state index in [0.717, 1.165) is 6.54 Å². The molecule has 0 aliphatic heterocycles. The number of benzene rings is 1. The molecule has 1 nitrogen and oxygen atoms in total. The molecule has 1 aromatic carbocycles. The van der Waals surface area contributed by atoms with Crippen LogP contribution in [0.1, 0.15) is 48.4 Å². The minimum absolute atomic E-state index is 0.431. The van der Waals surface area contributed by atoms with Crippen LogP contribution in [-0.2, 0) is 6.42 Å². The summed E-state index contributed by atoms with van der Waals surface area (Å²) < 4.78 is 2.44. The van der Waals surface area contributed by atoms with E-state index in [1.807, 2.05) is 0 Å². The molecule has 2 atom stereocenters. The van der Waals surface area contributed by atoms with Gasteiger partial charge in [-0.25, -0.2) is 0 Å². The molecule has 0 saturated heterocycles. The largest absolute Gasteiger partial charge is 0.310 e. The van der Waals surface area contributed by atoms with Crippen molar-refractivity contribution in [3.8, 4) is 0 Å². The van der Waals surface area contributed by atoms with Gasteiger partial charge in [-0.05, 0) is 86.3 Å². The normalized spacial score (nSPS) is 18.1. The second-order valence-corrected chi connectivity index (χ2v) is 9.37. The third-order valence-corrected chi connectivity index (χ3v) is 6.57. The molecule has 0 saturated carbocycles. The Morgan fingerprint density at radius 1 is 1.33 bits per heavy atom. The van der Waals surface area contributed by atoms with Crippen molar-refractivity contribution < 1.29 is 0 Å². The van der Waals surface area contributed by atoms with Crippen LogP contribution in [0.4, 0.5) is 0 Å². The summed E-state index contributed by atoms with van der Waals surface area (Å²) >= 11 is 9.09. The predicted octanol–water partition coefficient (Wildman–Crippen LogP) is 6.04. The first-order valence-electron chi connectivity index (χ1n) is 7.45. The molecule has 1 heterocycles. The van der Waals surface area contributed by atoms with Crippen LogP contribution in [0.25, 0.3) is 0 Å². The quantitative estimate of drug-likeness (QED) is 0.590. The molecule has 2 unspecified atom stereocenters. The van der Waals surface area contributed by atoms with Crippen molar-refractivity contribution in [2.45, 2.75) is 38.1 Å². The van der Waals surface area contributed by atoms with Crippen molar-refractivity contribution in [1.29, 1.82) is 0 Å². The summed E-state index contributed by atoms with van der Waals surface area (Å²) in [6.45, 7) is 3.29. The fraction of sp³-hybridized carbons (Fsp3) is 0.412. The molecule has 3 rings (SSSR count). The molecule has 1 aromatic heterocycles. The Morgan fingerprint density at radius 2 is 2.14 bits per heavy atom. The van der Waals surface area contributed by atoms with Gasteiger partial charge in [0.2, 0.25) is 0 Å². The van der Waals surface area contributed by atoms with Crippen LogP contribution in [0, 0.1) is 0 Å². The summed E-state index contributed by atoms with van der Waals surface area (Å²) in [6, 6.07) is 11.5. The van der Waals surface area contributed by atoms with Gasteiger partial charge in [-0.15, -0.1) is 11.3 Å². The number of thiophene rings is 1. The lowest BCUT2D eigenvalue weighted by molar-refractivity contribution is 0.428. The standard InChI is InChI=1S/C17H19Br2NS/c1-2-7-20-15(14-10-16(18)21-17(14)19)9-12-8-11-5-3-4-6-13(11)12/h3-6,10,12,15,20H,2,7-9H2,1H3. The highest BCUT2D eigenvalue weighted by Gasteiger charge is 2.29. The van der Waals surface area contributed by atoms with Crippen molar-refractivity contribution in [3.63, 3.8) is 0 Å². The van der Waals surface area contributed by atoms with Crippen molar-refractivity contribution in [2.75, 3.05) is 6.54 Å². The van der Waals surface area contributed by atoms with E-state index in [0.29, 0.717) is 12.0 Å². The summed E-state index contributed by atoms with van der Waals surface area (Å²) in [4.78, 5) is 0. The number of halogens is 2. The van der Waals surface area contributed by atoms with Gasteiger partial charge in [-0.2, -0.15) is 0 Å². The molecule has 21 heavy (non-hydrogen) atoms. The zero-order chi connectivity index (χ0) is 14.8. The molecule has 1 N–H and O–H groups in total. The molecule has 0 fully saturated rings. The van der Waals surface area contributed by atoms with Gasteiger partial charge < -0.3 is 5.32 Å². The summed E-state index contributed by atoms with van der Waals surface area (Å²) in [5, 5.41) is 3.73. The van der Waals surface area contributed by atoms with Crippen LogP contribution in [0.5, 0.6) is 0 Å². The van der Waals surface area contributed by atoms with Crippen LogP contribution >= 0.6 is 43.2 Å². The molecular formula is C17H19Br2NS. The van der Waals surface area contributed by atoms with Gasteiger partial charge in [0.15, 0.2) is 0 Å². The number of hydrogen-bond acceptors (Lipinski definition) is 2. The number of nitrogens with one attached hydrogen (secondary N) is 1. The highest BCUT2D eigenvalue weighted by molar-refractivity contribution is 9.12. The Kier molecular flexibility index (Phi) is 5.20. The maximum absolute atomic E-state index is 3.73. The molecule has 112 valence electrons. The Hall–Kier alpha value is -0.160. The van der Waals surface area contributed by atoms with Crippen LogP contribution < -0.4 is 5.32 Å². The zero-order valence-corrected chi connectivity index (χ0v) is 16.0. The SMILES string of the molecule is CCCNC(CC1Cc2ccccc21)c1cc(Br)sc1Br. The minimum Gasteiger partial charge on any atom is -0.310 e. The lowest BCUT2D eigenvalue weighted by Gasteiger charge is -2.33. The number of hydrogen-bond donors (Lipinski definition) is 1. The van der Waals surface area contributed by atoms with E-state index in [-0.39, 0.29) is 0 Å². The van der Waals surface area contributed by atoms with E-state index in [4.69, 9.17) is 0 Å². The molecule has 4 heteroatoms. The van der Waals surface area contributed by atoms with Gasteiger partial charge in [0, 0.05) is 6.04 Å². The molecule has 0 amide bonds. The number of fused-ring (bicyclic) bond motifs is 1. The Morgan fingerprint density at radius 3 is 2.81 bits per heavy atom. The van der Waals surface area contributed by atoms with Crippen LogP contribution in [0.2, 0.25) is 0 Å². The smallest absolute Gasteiger partial charge is 0.0758 e. The van der Waals surface area contributed by atoms with E-state index in [9.17, 15) is 0 Å². The Labute approximate surface area is 147 Å². The first-order valence-corrected chi connectivity index (χ1v) is 9.85. The van der Waals surface area contributed by atoms with Crippen LogP contribution in [0.3, 0.4) is 0 Å². The fourth-order valence-electron chi connectivity index (χ4n) is 3.09. The van der Waals surface area contributed by atoms with E-state index < -0.39 is 0 Å². The van der Waals surface area contributed by atoms with E-state index in [1.165, 1.54) is 38.0 Å². The van der Waals surface area contributed by atoms with Gasteiger partial charge >= 0.3 is 0 Å². The summed E-state index contributed by atoms with van der Waals surface area (Å²) in [5.74, 6) is 0.695. The maximum Gasteiger partial charge on any atom is 0.0758 e. The third kappa shape index (κ3) is 3.44. The summed E-state index contributed by atoms with van der Waals surface area (Å²) in [6.07, 6.45) is 3.57. The monoisotopic (exact) mass is 427 g/mol. The molecule has 0 radical (unpaired) electrons. The first kappa shape index (κ1) is 15.7. The topological polar surface area (TPSA) is 12.0 Å². The Bertz CT molecular complexity index is 623. The van der Waals surface area contributed by atoms with Crippen LogP contribution in [0.15, 0.2) is 37.9 Å².